The summed E-state index contributed by atoms with van der Waals surface area (Å²) in [6.07, 6.45) is 3.58. The molecule has 1 aromatic carbocycles. The van der Waals surface area contributed by atoms with Crippen LogP contribution < -0.4 is 0 Å². The van der Waals surface area contributed by atoms with Gasteiger partial charge in [-0.1, -0.05) is 12.1 Å². The highest BCUT2D eigenvalue weighted by Crippen LogP contribution is 2.29. The van der Waals surface area contributed by atoms with Gasteiger partial charge in [0.05, 0.1) is 6.07 Å². The first-order valence-electron chi connectivity index (χ1n) is 5.27. The molecule has 0 bridgehead atoms. The molecule has 0 amide bonds. The zero-order valence-electron chi connectivity index (χ0n) is 9.38. The lowest BCUT2D eigenvalue weighted by atomic mass is 9.77. The van der Waals surface area contributed by atoms with Crippen LogP contribution in [0.1, 0.15) is 11.1 Å². The monoisotopic (exact) mass is 240 g/mol. The van der Waals surface area contributed by atoms with Crippen LogP contribution in [0.5, 0.6) is 0 Å². The average molecular weight is 240 g/mol. The molecule has 0 N–H and O–H groups in total. The van der Waals surface area contributed by atoms with Gasteiger partial charge in [0.15, 0.2) is 5.41 Å². The lowest BCUT2D eigenvalue weighted by Gasteiger charge is -2.20. The lowest BCUT2D eigenvalue weighted by Crippen LogP contribution is -2.27. The van der Waals surface area contributed by atoms with E-state index in [0.717, 1.165) is 0 Å². The van der Waals surface area contributed by atoms with Crippen LogP contribution in [-0.4, -0.2) is 11.3 Å². The van der Waals surface area contributed by atoms with Crippen molar-refractivity contribution in [2.75, 3.05) is 0 Å². The maximum Gasteiger partial charge on any atom is 0.162 e. The summed E-state index contributed by atoms with van der Waals surface area (Å²) < 4.78 is 12.9. The number of aromatic nitrogens is 1. The van der Waals surface area contributed by atoms with Crippen molar-refractivity contribution in [1.82, 2.24) is 4.98 Å². The molecule has 3 nitrogen and oxygen atoms in total. The fraction of sp³-hybridized carbons (Fsp3) is 0.0714. The van der Waals surface area contributed by atoms with Crippen molar-refractivity contribution in [3.8, 4) is 6.07 Å². The quantitative estimate of drug-likeness (QED) is 0.773. The second-order valence-electron chi connectivity index (χ2n) is 3.78. The molecular weight excluding hydrogens is 231 g/mol. The van der Waals surface area contributed by atoms with Crippen LogP contribution in [0.3, 0.4) is 0 Å². The van der Waals surface area contributed by atoms with Gasteiger partial charge in [-0.15, -0.1) is 0 Å². The molecule has 0 fully saturated rings. The summed E-state index contributed by atoms with van der Waals surface area (Å²) in [6, 6.07) is 10.5. The second-order valence-corrected chi connectivity index (χ2v) is 3.78. The van der Waals surface area contributed by atoms with E-state index in [1.165, 1.54) is 36.7 Å². The molecule has 0 saturated heterocycles. The maximum atomic E-state index is 12.9. The molecule has 0 radical (unpaired) electrons. The highest BCUT2D eigenvalue weighted by atomic mass is 19.1. The van der Waals surface area contributed by atoms with E-state index < -0.39 is 11.2 Å². The molecule has 0 spiro atoms. The third-order valence-corrected chi connectivity index (χ3v) is 2.79. The molecule has 1 atom stereocenters. The Labute approximate surface area is 104 Å². The molecule has 1 aromatic heterocycles. The summed E-state index contributed by atoms with van der Waals surface area (Å²) in [4.78, 5) is 15.3. The van der Waals surface area contributed by atoms with Crippen molar-refractivity contribution in [3.63, 3.8) is 0 Å². The van der Waals surface area contributed by atoms with E-state index in [1.54, 1.807) is 12.1 Å². The number of carbonyl (C=O) groups is 1. The van der Waals surface area contributed by atoms with E-state index in [4.69, 9.17) is 0 Å². The minimum Gasteiger partial charge on any atom is -0.301 e. The molecule has 4 heteroatoms. The number of benzene rings is 1. The lowest BCUT2D eigenvalue weighted by molar-refractivity contribution is -0.110. The van der Waals surface area contributed by atoms with Crippen LogP contribution in [-0.2, 0) is 10.2 Å². The van der Waals surface area contributed by atoms with Crippen molar-refractivity contribution in [1.29, 1.82) is 5.26 Å². The van der Waals surface area contributed by atoms with Crippen molar-refractivity contribution in [2.24, 2.45) is 0 Å². The summed E-state index contributed by atoms with van der Waals surface area (Å²) in [5.41, 5.74) is -0.467. The van der Waals surface area contributed by atoms with Gasteiger partial charge in [-0.3, -0.25) is 4.98 Å². The molecule has 0 saturated carbocycles. The van der Waals surface area contributed by atoms with Gasteiger partial charge in [-0.2, -0.15) is 5.26 Å². The predicted octanol–water partition coefficient (Wildman–Crippen LogP) is 2.23. The topological polar surface area (TPSA) is 53.8 Å². The summed E-state index contributed by atoms with van der Waals surface area (Å²) in [7, 11) is 0. The van der Waals surface area contributed by atoms with E-state index in [9.17, 15) is 14.4 Å². The Kier molecular flexibility index (Phi) is 3.16. The Morgan fingerprint density at radius 3 is 2.17 bits per heavy atom. The van der Waals surface area contributed by atoms with Crippen molar-refractivity contribution in [3.05, 3.63) is 65.7 Å². The third-order valence-electron chi connectivity index (χ3n) is 2.79. The summed E-state index contributed by atoms with van der Waals surface area (Å²) >= 11 is 0. The van der Waals surface area contributed by atoms with Crippen LogP contribution in [0.25, 0.3) is 0 Å². The molecule has 1 heterocycles. The van der Waals surface area contributed by atoms with Crippen LogP contribution in [0, 0.1) is 17.1 Å². The maximum absolute atomic E-state index is 12.9. The highest BCUT2D eigenvalue weighted by molar-refractivity contribution is 5.79. The van der Waals surface area contributed by atoms with Crippen molar-refractivity contribution in [2.45, 2.75) is 5.41 Å². The van der Waals surface area contributed by atoms with Crippen LogP contribution in [0.4, 0.5) is 4.39 Å². The second kappa shape index (κ2) is 4.76. The van der Waals surface area contributed by atoms with E-state index in [2.05, 4.69) is 4.98 Å². The van der Waals surface area contributed by atoms with Gasteiger partial charge in [0, 0.05) is 12.4 Å². The third kappa shape index (κ3) is 1.87. The number of rotatable bonds is 3. The van der Waals surface area contributed by atoms with Crippen molar-refractivity contribution < 1.29 is 9.18 Å². The fourth-order valence-corrected chi connectivity index (χ4v) is 1.79. The average Bonchev–Trinajstić information content (AvgIpc) is 2.44. The first kappa shape index (κ1) is 11.9. The van der Waals surface area contributed by atoms with Crippen LogP contribution in [0.15, 0.2) is 48.8 Å². The number of nitrogens with zero attached hydrogens (tertiary/aromatic N) is 2. The Morgan fingerprint density at radius 2 is 1.67 bits per heavy atom. The number of aldehydes is 1. The smallest absolute Gasteiger partial charge is 0.162 e. The Hall–Kier alpha value is -2.54. The fourth-order valence-electron chi connectivity index (χ4n) is 1.79. The normalized spacial score (nSPS) is 13.3. The van der Waals surface area contributed by atoms with Gasteiger partial charge in [0.1, 0.15) is 12.1 Å². The zero-order valence-corrected chi connectivity index (χ0v) is 9.38. The summed E-state index contributed by atoms with van der Waals surface area (Å²) in [6.45, 7) is 0. The standard InChI is InChI=1S/C14H9FN2O/c15-13-3-1-11(2-4-13)14(9-16,10-18)12-5-7-17-8-6-12/h1-8,10H. The molecule has 2 aromatic rings. The van der Waals surface area contributed by atoms with E-state index in [-0.39, 0.29) is 0 Å². The van der Waals surface area contributed by atoms with Gasteiger partial charge in [0.25, 0.3) is 0 Å². The highest BCUT2D eigenvalue weighted by Gasteiger charge is 2.34. The molecule has 0 aliphatic rings. The molecule has 0 aliphatic heterocycles. The number of hydrogen-bond donors (Lipinski definition) is 0. The van der Waals surface area contributed by atoms with Gasteiger partial charge in [-0.25, -0.2) is 4.39 Å². The van der Waals surface area contributed by atoms with Crippen LogP contribution in [0.2, 0.25) is 0 Å². The minimum absolute atomic E-state index is 0.411. The molecule has 18 heavy (non-hydrogen) atoms. The number of carbonyl (C=O) groups excluding carboxylic acids is 1. The molecule has 2 rings (SSSR count). The molecular formula is C14H9FN2O. The largest absolute Gasteiger partial charge is 0.301 e. The van der Waals surface area contributed by atoms with Gasteiger partial charge in [-0.05, 0) is 35.4 Å². The SMILES string of the molecule is N#CC(C=O)(c1ccncc1)c1ccc(F)cc1. The Bertz CT molecular complexity index is 589. The van der Waals surface area contributed by atoms with Gasteiger partial charge < -0.3 is 4.79 Å². The number of halogens is 1. The minimum atomic E-state index is -1.42. The Morgan fingerprint density at radius 1 is 1.11 bits per heavy atom. The van der Waals surface area contributed by atoms with E-state index in [1.807, 2.05) is 6.07 Å². The summed E-state index contributed by atoms with van der Waals surface area (Å²) in [5.74, 6) is -0.411. The number of pyridine rings is 1. The first-order valence-corrected chi connectivity index (χ1v) is 5.27. The molecule has 0 aliphatic carbocycles. The Balaban J connectivity index is 2.62. The number of hydrogen-bond acceptors (Lipinski definition) is 3. The van der Waals surface area contributed by atoms with Crippen molar-refractivity contribution >= 4 is 6.29 Å². The van der Waals surface area contributed by atoms with E-state index >= 15 is 0 Å². The van der Waals surface area contributed by atoms with Crippen LogP contribution >= 0.6 is 0 Å². The zero-order chi connectivity index (χ0) is 13.0. The molecule has 88 valence electrons. The van der Waals surface area contributed by atoms with Gasteiger partial charge >= 0.3 is 0 Å². The number of nitriles is 1. The van der Waals surface area contributed by atoms with E-state index in [0.29, 0.717) is 17.4 Å². The predicted molar refractivity (Wildman–Crippen MR) is 63.1 cm³/mol. The van der Waals surface area contributed by atoms with Gasteiger partial charge in [0.2, 0.25) is 0 Å². The summed E-state index contributed by atoms with van der Waals surface area (Å²) in [5, 5.41) is 9.36. The molecule has 1 unspecified atom stereocenters. The first-order chi connectivity index (χ1) is 8.73.